The lowest BCUT2D eigenvalue weighted by atomic mass is 10.0. The summed E-state index contributed by atoms with van der Waals surface area (Å²) in [7, 11) is 0. The molecule has 70 valence electrons. The molecule has 1 heterocycles. The first-order chi connectivity index (χ1) is 6.09. The number of Topliss-reactive ketones (excluding diaryl/α,β-unsaturated/α-hetero) is 1. The second-order valence-electron chi connectivity index (χ2n) is 4.52. The van der Waals surface area contributed by atoms with Crippen LogP contribution in [0.2, 0.25) is 0 Å². The van der Waals surface area contributed by atoms with E-state index in [9.17, 15) is 4.79 Å². The third kappa shape index (κ3) is 1.67. The fourth-order valence-corrected chi connectivity index (χ4v) is 1.73. The molecular weight excluding hydrogens is 164 g/mol. The van der Waals surface area contributed by atoms with Gasteiger partial charge in [-0.1, -0.05) is 13.8 Å². The van der Waals surface area contributed by atoms with E-state index >= 15 is 0 Å². The Labute approximate surface area is 77.9 Å². The lowest BCUT2D eigenvalue weighted by Crippen LogP contribution is -2.08. The lowest BCUT2D eigenvalue weighted by Gasteiger charge is -2.00. The van der Waals surface area contributed by atoms with Crippen molar-refractivity contribution < 1.29 is 9.21 Å². The number of ketones is 1. The molecule has 0 spiro atoms. The van der Waals surface area contributed by atoms with Gasteiger partial charge in [0.25, 0.3) is 0 Å². The predicted octanol–water partition coefficient (Wildman–Crippen LogP) is 2.44. The molecule has 1 atom stereocenters. The molecule has 2 heteroatoms. The number of hydrogen-bond donors (Lipinski definition) is 0. The molecule has 1 fully saturated rings. The first-order valence-electron chi connectivity index (χ1n) is 4.63. The summed E-state index contributed by atoms with van der Waals surface area (Å²) in [5, 5.41) is 0. The van der Waals surface area contributed by atoms with Gasteiger partial charge in [-0.25, -0.2) is 0 Å². The van der Waals surface area contributed by atoms with E-state index in [1.807, 2.05) is 6.07 Å². The first kappa shape index (κ1) is 8.54. The van der Waals surface area contributed by atoms with Crippen molar-refractivity contribution in [3.8, 4) is 0 Å². The van der Waals surface area contributed by atoms with Crippen LogP contribution in [0.1, 0.15) is 25.8 Å². The molecule has 0 N–H and O–H groups in total. The fraction of sp³-hybridized carbons (Fsp3) is 0.545. The summed E-state index contributed by atoms with van der Waals surface area (Å²) in [6.07, 6.45) is 4.84. The van der Waals surface area contributed by atoms with Gasteiger partial charge in [0, 0.05) is 12.3 Å². The number of carbonyl (C=O) groups is 1. The summed E-state index contributed by atoms with van der Waals surface area (Å²) in [6.45, 7) is 4.29. The zero-order valence-corrected chi connectivity index (χ0v) is 8.04. The van der Waals surface area contributed by atoms with E-state index < -0.39 is 0 Å². The van der Waals surface area contributed by atoms with Gasteiger partial charge in [-0.05, 0) is 23.5 Å². The molecule has 1 aromatic rings. The number of hydrogen-bond acceptors (Lipinski definition) is 2. The van der Waals surface area contributed by atoms with Gasteiger partial charge in [0.2, 0.25) is 0 Å². The van der Waals surface area contributed by atoms with E-state index in [0.717, 1.165) is 12.0 Å². The summed E-state index contributed by atoms with van der Waals surface area (Å²) in [5.41, 5.74) is 1.24. The van der Waals surface area contributed by atoms with E-state index in [0.29, 0.717) is 12.2 Å². The minimum atomic E-state index is 0.251. The third-order valence-electron chi connectivity index (χ3n) is 2.86. The standard InChI is InChI=1S/C11H14O2/c1-11(2)6-9(11)10(12)5-8-3-4-13-7-8/h3-4,7,9H,5-6H2,1-2H3. The maximum atomic E-state index is 11.6. The zero-order valence-electron chi connectivity index (χ0n) is 8.04. The van der Waals surface area contributed by atoms with Crippen LogP contribution in [0.5, 0.6) is 0 Å². The highest BCUT2D eigenvalue weighted by Crippen LogP contribution is 2.52. The minimum absolute atomic E-state index is 0.251. The Balaban J connectivity index is 1.94. The second kappa shape index (κ2) is 2.72. The first-order valence-corrected chi connectivity index (χ1v) is 4.63. The van der Waals surface area contributed by atoms with E-state index in [1.165, 1.54) is 0 Å². The zero-order chi connectivity index (χ0) is 9.47. The molecule has 0 aromatic carbocycles. The van der Waals surface area contributed by atoms with Gasteiger partial charge in [0.1, 0.15) is 5.78 Å². The smallest absolute Gasteiger partial charge is 0.141 e. The highest BCUT2D eigenvalue weighted by molar-refractivity contribution is 5.86. The van der Waals surface area contributed by atoms with Crippen LogP contribution in [-0.4, -0.2) is 5.78 Å². The molecule has 1 aliphatic rings. The Kier molecular flexibility index (Phi) is 1.79. The summed E-state index contributed by atoms with van der Waals surface area (Å²) in [6, 6.07) is 1.85. The predicted molar refractivity (Wildman–Crippen MR) is 49.3 cm³/mol. The van der Waals surface area contributed by atoms with Crippen molar-refractivity contribution in [3.05, 3.63) is 24.2 Å². The topological polar surface area (TPSA) is 30.2 Å². The quantitative estimate of drug-likeness (QED) is 0.711. The van der Waals surface area contributed by atoms with Crippen LogP contribution in [0.3, 0.4) is 0 Å². The molecular formula is C11H14O2. The molecule has 0 bridgehead atoms. The van der Waals surface area contributed by atoms with Crippen LogP contribution in [-0.2, 0) is 11.2 Å². The summed E-state index contributed by atoms with van der Waals surface area (Å²) < 4.78 is 4.92. The van der Waals surface area contributed by atoms with Crippen LogP contribution in [0.15, 0.2) is 23.0 Å². The van der Waals surface area contributed by atoms with Crippen LogP contribution >= 0.6 is 0 Å². The molecule has 1 saturated carbocycles. The molecule has 2 rings (SSSR count). The van der Waals surface area contributed by atoms with E-state index in [4.69, 9.17) is 4.42 Å². The highest BCUT2D eigenvalue weighted by Gasteiger charge is 2.49. The molecule has 0 radical (unpaired) electrons. The van der Waals surface area contributed by atoms with Crippen molar-refractivity contribution >= 4 is 5.78 Å². The Morgan fingerprint density at radius 3 is 2.85 bits per heavy atom. The van der Waals surface area contributed by atoms with Gasteiger partial charge in [0.15, 0.2) is 0 Å². The number of carbonyl (C=O) groups excluding carboxylic acids is 1. The third-order valence-corrected chi connectivity index (χ3v) is 2.86. The Morgan fingerprint density at radius 1 is 1.69 bits per heavy atom. The average molecular weight is 178 g/mol. The SMILES string of the molecule is CC1(C)CC1C(=O)Cc1ccoc1. The molecule has 0 saturated heterocycles. The van der Waals surface area contributed by atoms with Crippen molar-refractivity contribution in [2.24, 2.45) is 11.3 Å². The maximum Gasteiger partial charge on any atom is 0.141 e. The van der Waals surface area contributed by atoms with Gasteiger partial charge in [0.05, 0.1) is 12.5 Å². The maximum absolute atomic E-state index is 11.6. The van der Waals surface area contributed by atoms with E-state index in [1.54, 1.807) is 12.5 Å². The summed E-state index contributed by atoms with van der Waals surface area (Å²) >= 11 is 0. The van der Waals surface area contributed by atoms with E-state index in [-0.39, 0.29) is 11.3 Å². The minimum Gasteiger partial charge on any atom is -0.472 e. The molecule has 1 unspecified atom stereocenters. The monoisotopic (exact) mass is 178 g/mol. The molecule has 13 heavy (non-hydrogen) atoms. The van der Waals surface area contributed by atoms with Gasteiger partial charge in [-0.2, -0.15) is 0 Å². The van der Waals surface area contributed by atoms with Crippen molar-refractivity contribution in [3.63, 3.8) is 0 Å². The summed E-state index contributed by atoms with van der Waals surface area (Å²) in [5.74, 6) is 0.633. The molecule has 0 aliphatic heterocycles. The van der Waals surface area contributed by atoms with E-state index in [2.05, 4.69) is 13.8 Å². The molecule has 2 nitrogen and oxygen atoms in total. The van der Waals surface area contributed by atoms with Crippen molar-refractivity contribution in [2.45, 2.75) is 26.7 Å². The lowest BCUT2D eigenvalue weighted by molar-refractivity contribution is -0.120. The van der Waals surface area contributed by atoms with Gasteiger partial charge >= 0.3 is 0 Å². The second-order valence-corrected chi connectivity index (χ2v) is 4.52. The molecule has 1 aromatic heterocycles. The van der Waals surface area contributed by atoms with Crippen molar-refractivity contribution in [1.82, 2.24) is 0 Å². The Bertz CT molecular complexity index is 309. The summed E-state index contributed by atoms with van der Waals surface area (Å²) in [4.78, 5) is 11.6. The van der Waals surface area contributed by atoms with Crippen LogP contribution in [0.25, 0.3) is 0 Å². The van der Waals surface area contributed by atoms with Crippen LogP contribution in [0, 0.1) is 11.3 Å². The van der Waals surface area contributed by atoms with Crippen molar-refractivity contribution in [2.75, 3.05) is 0 Å². The molecule has 1 aliphatic carbocycles. The average Bonchev–Trinajstić information content (AvgIpc) is 2.49. The fourth-order valence-electron chi connectivity index (χ4n) is 1.73. The van der Waals surface area contributed by atoms with Gasteiger partial charge in [-0.15, -0.1) is 0 Å². The van der Waals surface area contributed by atoms with Gasteiger partial charge in [-0.3, -0.25) is 4.79 Å². The largest absolute Gasteiger partial charge is 0.472 e. The Hall–Kier alpha value is -1.05. The number of furan rings is 1. The van der Waals surface area contributed by atoms with Crippen LogP contribution in [0.4, 0.5) is 0 Å². The Morgan fingerprint density at radius 2 is 2.38 bits per heavy atom. The van der Waals surface area contributed by atoms with Gasteiger partial charge < -0.3 is 4.42 Å². The highest BCUT2D eigenvalue weighted by atomic mass is 16.3. The van der Waals surface area contributed by atoms with Crippen LogP contribution < -0.4 is 0 Å². The molecule has 0 amide bonds. The number of rotatable bonds is 3. The van der Waals surface area contributed by atoms with Crippen molar-refractivity contribution in [1.29, 1.82) is 0 Å². The normalized spacial score (nSPS) is 24.3.